The van der Waals surface area contributed by atoms with Crippen LogP contribution in [0.2, 0.25) is 0 Å². The highest BCUT2D eigenvalue weighted by Gasteiger charge is 2.17. The van der Waals surface area contributed by atoms with Crippen molar-refractivity contribution >= 4 is 27.7 Å². The van der Waals surface area contributed by atoms with Gasteiger partial charge in [0.25, 0.3) is 0 Å². The number of hydrogen-bond acceptors (Lipinski definition) is 1. The van der Waals surface area contributed by atoms with E-state index < -0.39 is 11.7 Å². The number of nitrogens with zero attached hydrogens (tertiary/aromatic N) is 1. The van der Waals surface area contributed by atoms with Crippen LogP contribution in [0.4, 0.5) is 8.78 Å². The van der Waals surface area contributed by atoms with Crippen molar-refractivity contribution in [1.82, 2.24) is 4.57 Å². The predicted octanol–water partition coefficient (Wildman–Crippen LogP) is 4.02. The SMILES string of the molecule is NC(=O)c1cccc2c1c1[c]c(F)ccc1n2Cc1ccc(F)cc1. The minimum Gasteiger partial charge on any atom is -0.366 e. The summed E-state index contributed by atoms with van der Waals surface area (Å²) >= 11 is 0. The normalized spacial score (nSPS) is 11.3. The number of hydrogen-bond donors (Lipinski definition) is 1. The van der Waals surface area contributed by atoms with Crippen molar-refractivity contribution in [3.63, 3.8) is 0 Å². The molecule has 0 fully saturated rings. The fourth-order valence-corrected chi connectivity index (χ4v) is 3.18. The molecule has 1 amide bonds. The molecular weight excluding hydrogens is 322 g/mol. The van der Waals surface area contributed by atoms with Gasteiger partial charge in [0.05, 0.1) is 11.0 Å². The largest absolute Gasteiger partial charge is 0.366 e. The van der Waals surface area contributed by atoms with E-state index in [1.807, 2.05) is 10.6 Å². The summed E-state index contributed by atoms with van der Waals surface area (Å²) in [6, 6.07) is 17.0. The van der Waals surface area contributed by atoms with E-state index in [4.69, 9.17) is 5.73 Å². The van der Waals surface area contributed by atoms with Crippen LogP contribution in [0.25, 0.3) is 21.8 Å². The number of primary amides is 1. The predicted molar refractivity (Wildman–Crippen MR) is 92.3 cm³/mol. The number of aromatic nitrogens is 1. The molecule has 0 aliphatic heterocycles. The van der Waals surface area contributed by atoms with E-state index in [2.05, 4.69) is 6.07 Å². The van der Waals surface area contributed by atoms with Gasteiger partial charge in [0.2, 0.25) is 5.91 Å². The third kappa shape index (κ3) is 2.54. The molecule has 4 rings (SSSR count). The Balaban J connectivity index is 2.03. The molecule has 123 valence electrons. The van der Waals surface area contributed by atoms with Gasteiger partial charge in [-0.25, -0.2) is 8.78 Å². The average molecular weight is 335 g/mol. The first-order chi connectivity index (χ1) is 12.0. The molecule has 2 N–H and O–H groups in total. The quantitative estimate of drug-likeness (QED) is 0.604. The first-order valence-corrected chi connectivity index (χ1v) is 7.71. The van der Waals surface area contributed by atoms with Gasteiger partial charge in [0, 0.05) is 28.9 Å². The van der Waals surface area contributed by atoms with Crippen LogP contribution in [0.5, 0.6) is 0 Å². The van der Waals surface area contributed by atoms with Crippen molar-refractivity contribution in [3.8, 4) is 0 Å². The van der Waals surface area contributed by atoms with Gasteiger partial charge < -0.3 is 10.3 Å². The van der Waals surface area contributed by atoms with E-state index in [-0.39, 0.29) is 5.82 Å². The zero-order valence-electron chi connectivity index (χ0n) is 13.1. The second-order valence-electron chi connectivity index (χ2n) is 5.84. The molecule has 0 aliphatic carbocycles. The van der Waals surface area contributed by atoms with E-state index in [9.17, 15) is 13.6 Å². The summed E-state index contributed by atoms with van der Waals surface area (Å²) in [7, 11) is 0. The molecule has 3 nitrogen and oxygen atoms in total. The maximum atomic E-state index is 13.8. The molecule has 5 heteroatoms. The van der Waals surface area contributed by atoms with Crippen LogP contribution in [-0.2, 0) is 6.54 Å². The topological polar surface area (TPSA) is 48.0 Å². The van der Waals surface area contributed by atoms with E-state index in [0.29, 0.717) is 22.9 Å². The lowest BCUT2D eigenvalue weighted by atomic mass is 10.1. The molecular formula is C20H13F2N2O. The second kappa shape index (κ2) is 5.70. The Kier molecular flexibility index (Phi) is 3.50. The monoisotopic (exact) mass is 335 g/mol. The summed E-state index contributed by atoms with van der Waals surface area (Å²) in [5.41, 5.74) is 8.17. The maximum absolute atomic E-state index is 13.8. The molecule has 0 aliphatic rings. The minimum atomic E-state index is -0.580. The van der Waals surface area contributed by atoms with Gasteiger partial charge in [-0.05, 0) is 42.0 Å². The molecule has 0 saturated heterocycles. The zero-order valence-corrected chi connectivity index (χ0v) is 13.1. The first-order valence-electron chi connectivity index (χ1n) is 7.71. The van der Waals surface area contributed by atoms with E-state index in [1.165, 1.54) is 18.2 Å². The molecule has 1 radical (unpaired) electrons. The van der Waals surface area contributed by atoms with E-state index in [1.54, 1.807) is 30.3 Å². The summed E-state index contributed by atoms with van der Waals surface area (Å²) < 4.78 is 28.9. The van der Waals surface area contributed by atoms with Crippen LogP contribution in [0.15, 0.2) is 54.6 Å². The van der Waals surface area contributed by atoms with Crippen LogP contribution in [0, 0.1) is 17.7 Å². The van der Waals surface area contributed by atoms with E-state index in [0.717, 1.165) is 16.6 Å². The standard InChI is InChI=1S/C20H13F2N2O/c21-13-6-4-12(5-7-13)11-24-17-9-8-14(22)10-16(17)19-15(20(23)25)2-1-3-18(19)24/h1-9H,11H2,(H2,23,25). The van der Waals surface area contributed by atoms with Crippen molar-refractivity contribution in [1.29, 1.82) is 0 Å². The third-order valence-corrected chi connectivity index (χ3v) is 4.28. The maximum Gasteiger partial charge on any atom is 0.249 e. The lowest BCUT2D eigenvalue weighted by molar-refractivity contribution is 0.100. The van der Waals surface area contributed by atoms with Crippen LogP contribution in [-0.4, -0.2) is 10.5 Å². The zero-order chi connectivity index (χ0) is 17.6. The summed E-state index contributed by atoms with van der Waals surface area (Å²) in [5.74, 6) is -1.39. The van der Waals surface area contributed by atoms with Gasteiger partial charge in [0.1, 0.15) is 11.6 Å². The molecule has 0 atom stereocenters. The number of nitrogens with two attached hydrogens (primary N) is 1. The fourth-order valence-electron chi connectivity index (χ4n) is 3.18. The Morgan fingerprint density at radius 1 is 1.00 bits per heavy atom. The highest BCUT2D eigenvalue weighted by Crippen LogP contribution is 2.32. The van der Waals surface area contributed by atoms with Gasteiger partial charge in [-0.2, -0.15) is 0 Å². The van der Waals surface area contributed by atoms with Crippen LogP contribution < -0.4 is 5.73 Å². The third-order valence-electron chi connectivity index (χ3n) is 4.28. The van der Waals surface area contributed by atoms with Gasteiger partial charge in [-0.1, -0.05) is 18.2 Å². The number of fused-ring (bicyclic) bond motifs is 3. The summed E-state index contributed by atoms with van der Waals surface area (Å²) in [4.78, 5) is 11.8. The van der Waals surface area contributed by atoms with E-state index >= 15 is 0 Å². The number of benzene rings is 3. The minimum absolute atomic E-state index is 0.308. The molecule has 0 unspecified atom stereocenters. The molecule has 0 bridgehead atoms. The first kappa shape index (κ1) is 15.3. The Hall–Kier alpha value is -3.21. The Morgan fingerprint density at radius 3 is 2.48 bits per heavy atom. The van der Waals surface area contributed by atoms with Crippen LogP contribution >= 0.6 is 0 Å². The molecule has 1 aromatic heterocycles. The summed E-state index contributed by atoms with van der Waals surface area (Å²) in [6.45, 7) is 0.446. The average Bonchev–Trinajstić information content (AvgIpc) is 2.90. The fraction of sp³-hybridized carbons (Fsp3) is 0.0500. The number of carbonyl (C=O) groups is 1. The van der Waals surface area contributed by atoms with Crippen molar-refractivity contribution in [2.45, 2.75) is 6.54 Å². The molecule has 4 aromatic rings. The molecule has 0 saturated carbocycles. The molecule has 1 heterocycles. The van der Waals surface area contributed by atoms with Crippen LogP contribution in [0.3, 0.4) is 0 Å². The molecule has 3 aromatic carbocycles. The summed E-state index contributed by atoms with van der Waals surface area (Å²) in [6.07, 6.45) is 0. The Morgan fingerprint density at radius 2 is 1.76 bits per heavy atom. The molecule has 25 heavy (non-hydrogen) atoms. The van der Waals surface area contributed by atoms with Gasteiger partial charge in [-0.15, -0.1) is 0 Å². The Labute approximate surface area is 142 Å². The number of halogens is 2. The van der Waals surface area contributed by atoms with Gasteiger partial charge in [-0.3, -0.25) is 4.79 Å². The van der Waals surface area contributed by atoms with Crippen LogP contribution in [0.1, 0.15) is 15.9 Å². The highest BCUT2D eigenvalue weighted by atomic mass is 19.1. The lowest BCUT2D eigenvalue weighted by Crippen LogP contribution is -2.11. The number of carbonyl (C=O) groups excluding carboxylic acids is 1. The van der Waals surface area contributed by atoms with Gasteiger partial charge in [0.15, 0.2) is 0 Å². The molecule has 0 spiro atoms. The smallest absolute Gasteiger partial charge is 0.249 e. The number of amides is 1. The lowest BCUT2D eigenvalue weighted by Gasteiger charge is -2.08. The van der Waals surface area contributed by atoms with Crippen molar-refractivity contribution in [3.05, 3.63) is 83.4 Å². The van der Waals surface area contributed by atoms with Crippen molar-refractivity contribution in [2.24, 2.45) is 5.73 Å². The van der Waals surface area contributed by atoms with Crippen molar-refractivity contribution < 1.29 is 13.6 Å². The highest BCUT2D eigenvalue weighted by molar-refractivity contribution is 6.17. The summed E-state index contributed by atoms with van der Waals surface area (Å²) in [5, 5.41) is 1.08. The van der Waals surface area contributed by atoms with Crippen molar-refractivity contribution in [2.75, 3.05) is 0 Å². The Bertz CT molecular complexity index is 1110. The number of rotatable bonds is 3. The van der Waals surface area contributed by atoms with Gasteiger partial charge >= 0.3 is 0 Å². The second-order valence-corrected chi connectivity index (χ2v) is 5.84.